The summed E-state index contributed by atoms with van der Waals surface area (Å²) in [5.74, 6) is -0.269. The Bertz CT molecular complexity index is 1440. The van der Waals surface area contributed by atoms with Gasteiger partial charge in [0.2, 0.25) is 5.95 Å². The topological polar surface area (TPSA) is 88.6 Å². The molecule has 1 amide bonds. The molecule has 1 aromatic heterocycles. The second kappa shape index (κ2) is 12.1. The number of fused-ring (bicyclic) bond motifs is 1. The first-order valence-corrected chi connectivity index (χ1v) is 15.6. The van der Waals surface area contributed by atoms with Crippen molar-refractivity contribution in [2.24, 2.45) is 0 Å². The molecule has 1 aliphatic carbocycles. The van der Waals surface area contributed by atoms with Crippen molar-refractivity contribution in [2.75, 3.05) is 30.9 Å². The van der Waals surface area contributed by atoms with E-state index in [9.17, 15) is 18.0 Å². The molecular weight excluding hydrogens is 566 g/mol. The summed E-state index contributed by atoms with van der Waals surface area (Å²) in [6.07, 6.45) is 3.23. The molecule has 0 bridgehead atoms. The normalized spacial score (nSPS) is 18.3. The molecule has 0 radical (unpaired) electrons. The average Bonchev–Trinajstić information content (AvgIpc) is 3.29. The smallest absolute Gasteiger partial charge is 0.339 e. The highest BCUT2D eigenvalue weighted by molar-refractivity contribution is 7.46. The van der Waals surface area contributed by atoms with Crippen LogP contribution in [0.5, 0.6) is 0 Å². The van der Waals surface area contributed by atoms with E-state index in [1.165, 1.54) is 6.42 Å². The molecule has 3 aliphatic rings. The number of hydrogen-bond donors (Lipinski definition) is 2. The van der Waals surface area contributed by atoms with Gasteiger partial charge in [-0.1, -0.05) is 37.5 Å². The van der Waals surface area contributed by atoms with Crippen molar-refractivity contribution in [1.82, 2.24) is 14.9 Å². The molecule has 42 heavy (non-hydrogen) atoms. The fourth-order valence-electron chi connectivity index (χ4n) is 5.84. The van der Waals surface area contributed by atoms with Crippen molar-refractivity contribution >= 4 is 37.4 Å². The van der Waals surface area contributed by atoms with Gasteiger partial charge in [-0.25, -0.2) is 4.98 Å². The first-order valence-electron chi connectivity index (χ1n) is 14.3. The minimum Gasteiger partial charge on any atom is -0.339 e. The molecule has 12 heteroatoms. The predicted octanol–water partition coefficient (Wildman–Crippen LogP) is 7.86. The molecule has 0 spiro atoms. The molecule has 1 saturated heterocycles. The van der Waals surface area contributed by atoms with Gasteiger partial charge in [-0.2, -0.15) is 18.2 Å². The Hall–Kier alpha value is -3.27. The molecule has 0 atom stereocenters. The van der Waals surface area contributed by atoms with E-state index in [4.69, 9.17) is 9.05 Å². The lowest BCUT2D eigenvalue weighted by atomic mass is 9.81. The van der Waals surface area contributed by atoms with Gasteiger partial charge >= 0.3 is 6.18 Å². The second-order valence-corrected chi connectivity index (χ2v) is 12.5. The number of nitrogens with one attached hydrogen (secondary N) is 2. The largest absolute Gasteiger partial charge is 0.421 e. The third kappa shape index (κ3) is 6.23. The van der Waals surface area contributed by atoms with Crippen LogP contribution in [0.15, 0.2) is 42.6 Å². The van der Waals surface area contributed by atoms with Crippen LogP contribution in [0.4, 0.5) is 36.3 Å². The van der Waals surface area contributed by atoms with Crippen LogP contribution in [-0.4, -0.2) is 41.0 Å². The maximum absolute atomic E-state index is 14.0. The molecule has 6 rings (SSSR count). The standard InChI is InChI=1S/C30H33F3N5O3P/c1-38-17-23-22(20-6-3-2-4-7-20)12-13-25(26(23)28(38)39)36-27-24(30(31,32)33)16-34-29(37-27)35-21-10-8-19(9-11-21)18-42-40-14-5-15-41-42/h8-13,16,20H,2-7,14-15,17-18H2,1H3,(H2,34,35,36,37). The lowest BCUT2D eigenvalue weighted by molar-refractivity contribution is -0.137. The molecule has 8 nitrogen and oxygen atoms in total. The van der Waals surface area contributed by atoms with E-state index in [2.05, 4.69) is 20.6 Å². The number of carbonyl (C=O) groups is 1. The van der Waals surface area contributed by atoms with Gasteiger partial charge in [-0.05, 0) is 60.1 Å². The minimum absolute atomic E-state index is 0.000452. The van der Waals surface area contributed by atoms with Gasteiger partial charge in [0.15, 0.2) is 8.38 Å². The minimum atomic E-state index is -4.69. The summed E-state index contributed by atoms with van der Waals surface area (Å²) >= 11 is 0. The summed E-state index contributed by atoms with van der Waals surface area (Å²) in [5.41, 5.74) is 3.40. The first kappa shape index (κ1) is 28.8. The lowest BCUT2D eigenvalue weighted by Gasteiger charge is -2.25. The molecular formula is C30H33F3N5O3P. The van der Waals surface area contributed by atoms with Crippen LogP contribution in [0.25, 0.3) is 0 Å². The van der Waals surface area contributed by atoms with Gasteiger partial charge in [-0.3, -0.25) is 4.79 Å². The van der Waals surface area contributed by atoms with Crippen molar-refractivity contribution < 1.29 is 27.0 Å². The SMILES string of the molecule is CN1Cc2c(C3CCCCC3)ccc(Nc3nc(Nc4ccc(CP5OCCCO5)cc4)ncc3C(F)(F)F)c2C1=O. The zero-order chi connectivity index (χ0) is 29.3. The van der Waals surface area contributed by atoms with Gasteiger partial charge in [0.1, 0.15) is 11.4 Å². The van der Waals surface area contributed by atoms with Crippen LogP contribution in [-0.2, 0) is 27.9 Å². The van der Waals surface area contributed by atoms with Crippen LogP contribution < -0.4 is 10.6 Å². The van der Waals surface area contributed by atoms with E-state index in [0.29, 0.717) is 48.8 Å². The molecule has 0 unspecified atom stereocenters. The number of hydrogen-bond acceptors (Lipinski definition) is 7. The number of benzene rings is 2. The molecule has 3 aromatic rings. The number of carbonyl (C=O) groups excluding carboxylic acids is 1. The van der Waals surface area contributed by atoms with E-state index < -0.39 is 25.9 Å². The van der Waals surface area contributed by atoms with Crippen LogP contribution in [0, 0.1) is 0 Å². The maximum atomic E-state index is 14.0. The Labute approximate surface area is 243 Å². The van der Waals surface area contributed by atoms with E-state index >= 15 is 0 Å². The number of rotatable bonds is 7. The highest BCUT2D eigenvalue weighted by Gasteiger charge is 2.37. The van der Waals surface area contributed by atoms with E-state index in [0.717, 1.165) is 55.0 Å². The summed E-state index contributed by atoms with van der Waals surface area (Å²) in [5, 5.41) is 5.86. The number of aromatic nitrogens is 2. The molecule has 2 N–H and O–H groups in total. The fraction of sp³-hybridized carbons (Fsp3) is 0.433. The van der Waals surface area contributed by atoms with Crippen LogP contribution >= 0.6 is 8.38 Å². The summed E-state index contributed by atoms with van der Waals surface area (Å²) in [6.45, 7) is 1.84. The number of nitrogens with zero attached hydrogens (tertiary/aromatic N) is 3. The lowest BCUT2D eigenvalue weighted by Crippen LogP contribution is -2.18. The Balaban J connectivity index is 1.26. The summed E-state index contributed by atoms with van der Waals surface area (Å²) in [4.78, 5) is 23.0. The third-order valence-electron chi connectivity index (χ3n) is 7.98. The Morgan fingerprint density at radius 3 is 2.45 bits per heavy atom. The zero-order valence-corrected chi connectivity index (χ0v) is 24.2. The molecule has 3 heterocycles. The van der Waals surface area contributed by atoms with Gasteiger partial charge in [-0.15, -0.1) is 0 Å². The zero-order valence-electron chi connectivity index (χ0n) is 23.3. The Morgan fingerprint density at radius 2 is 1.74 bits per heavy atom. The highest BCUT2D eigenvalue weighted by atomic mass is 31.2. The van der Waals surface area contributed by atoms with E-state index in [1.807, 2.05) is 30.3 Å². The summed E-state index contributed by atoms with van der Waals surface area (Å²) < 4.78 is 53.4. The first-order chi connectivity index (χ1) is 20.3. The van der Waals surface area contributed by atoms with Crippen LogP contribution in [0.2, 0.25) is 0 Å². The Morgan fingerprint density at radius 1 is 1.00 bits per heavy atom. The van der Waals surface area contributed by atoms with Crippen LogP contribution in [0.1, 0.15) is 77.1 Å². The Kier molecular flexibility index (Phi) is 8.34. The monoisotopic (exact) mass is 599 g/mol. The van der Waals surface area contributed by atoms with Crippen LogP contribution in [0.3, 0.4) is 0 Å². The molecule has 2 aliphatic heterocycles. The van der Waals surface area contributed by atoms with E-state index in [1.54, 1.807) is 18.0 Å². The van der Waals surface area contributed by atoms with Crippen molar-refractivity contribution in [2.45, 2.75) is 63.3 Å². The predicted molar refractivity (Wildman–Crippen MR) is 155 cm³/mol. The highest BCUT2D eigenvalue weighted by Crippen LogP contribution is 2.45. The summed E-state index contributed by atoms with van der Waals surface area (Å²) in [7, 11) is 0.763. The van der Waals surface area contributed by atoms with Crippen molar-refractivity contribution in [3.05, 3.63) is 70.4 Å². The van der Waals surface area contributed by atoms with Crippen molar-refractivity contribution in [1.29, 1.82) is 0 Å². The summed E-state index contributed by atoms with van der Waals surface area (Å²) in [6, 6.07) is 11.1. The number of anilines is 4. The fourth-order valence-corrected chi connectivity index (χ4v) is 7.27. The number of alkyl halides is 3. The molecule has 1 saturated carbocycles. The third-order valence-corrected chi connectivity index (χ3v) is 9.54. The average molecular weight is 600 g/mol. The molecule has 2 aromatic carbocycles. The van der Waals surface area contributed by atoms with Gasteiger partial charge < -0.3 is 24.6 Å². The molecule has 222 valence electrons. The second-order valence-electron chi connectivity index (χ2n) is 11.0. The maximum Gasteiger partial charge on any atom is 0.421 e. The molecule has 2 fully saturated rings. The van der Waals surface area contributed by atoms with Gasteiger partial charge in [0.05, 0.1) is 24.5 Å². The van der Waals surface area contributed by atoms with Crippen molar-refractivity contribution in [3.63, 3.8) is 0 Å². The van der Waals surface area contributed by atoms with Gasteiger partial charge in [0.25, 0.3) is 5.91 Å². The number of halogens is 3. The van der Waals surface area contributed by atoms with Gasteiger partial charge in [0, 0.05) is 31.6 Å². The van der Waals surface area contributed by atoms with Crippen molar-refractivity contribution in [3.8, 4) is 0 Å². The number of amides is 1. The van der Waals surface area contributed by atoms with E-state index in [-0.39, 0.29) is 11.9 Å². The quantitative estimate of drug-likeness (QED) is 0.267.